The van der Waals surface area contributed by atoms with Crippen molar-refractivity contribution in [2.24, 2.45) is 0 Å². The summed E-state index contributed by atoms with van der Waals surface area (Å²) in [7, 11) is 3.15. The molecule has 4 rings (SSSR count). The van der Waals surface area contributed by atoms with Gasteiger partial charge in [-0.05, 0) is 53.3 Å². The Morgan fingerprint density at radius 2 is 1.81 bits per heavy atom. The zero-order chi connectivity index (χ0) is 22.0. The van der Waals surface area contributed by atoms with E-state index >= 15 is 0 Å². The molecule has 1 unspecified atom stereocenters. The number of rotatable bonds is 6. The number of para-hydroxylation sites is 1. The normalized spacial score (nSPS) is 15.5. The fraction of sp³-hybridized carbons (Fsp3) is 0.261. The molecule has 1 aliphatic heterocycles. The second-order valence-electron chi connectivity index (χ2n) is 6.95. The SMILES string of the molecule is COc1cc2c(cc1OC)C(c1cccs1)N(C(=O)c1ccccc1OC(F)F)CC2. The summed E-state index contributed by atoms with van der Waals surface area (Å²) < 4.78 is 41.3. The molecule has 2 heterocycles. The Balaban J connectivity index is 1.80. The molecule has 0 radical (unpaired) electrons. The van der Waals surface area contributed by atoms with Gasteiger partial charge in [-0.3, -0.25) is 4.79 Å². The van der Waals surface area contributed by atoms with Crippen molar-refractivity contribution < 1.29 is 27.8 Å². The van der Waals surface area contributed by atoms with Gasteiger partial charge < -0.3 is 19.1 Å². The highest BCUT2D eigenvalue weighted by Crippen LogP contribution is 2.43. The van der Waals surface area contributed by atoms with Crippen molar-refractivity contribution in [3.05, 3.63) is 75.5 Å². The third kappa shape index (κ3) is 4.07. The molecule has 31 heavy (non-hydrogen) atoms. The lowest BCUT2D eigenvalue weighted by Gasteiger charge is -2.37. The molecule has 0 saturated heterocycles. The fourth-order valence-electron chi connectivity index (χ4n) is 3.92. The van der Waals surface area contributed by atoms with Crippen LogP contribution >= 0.6 is 11.3 Å². The third-order valence-corrected chi connectivity index (χ3v) is 6.21. The predicted molar refractivity (Wildman–Crippen MR) is 114 cm³/mol. The van der Waals surface area contributed by atoms with E-state index in [4.69, 9.17) is 9.47 Å². The summed E-state index contributed by atoms with van der Waals surface area (Å²) in [5.74, 6) is 0.695. The van der Waals surface area contributed by atoms with Crippen molar-refractivity contribution in [3.63, 3.8) is 0 Å². The quantitative estimate of drug-likeness (QED) is 0.526. The Hall–Kier alpha value is -3.13. The standard InChI is InChI=1S/C23H21F2NO4S/c1-28-18-12-14-9-10-26(22(27)15-6-3-4-7-17(15)30-23(24)25)21(20-8-5-11-31-20)16(14)13-19(18)29-2/h3-8,11-13,21,23H,9-10H2,1-2H3. The van der Waals surface area contributed by atoms with Crippen LogP contribution in [0.5, 0.6) is 17.2 Å². The molecule has 0 bridgehead atoms. The van der Waals surface area contributed by atoms with Gasteiger partial charge >= 0.3 is 6.61 Å². The van der Waals surface area contributed by atoms with Crippen LogP contribution in [0.2, 0.25) is 0 Å². The average molecular weight is 445 g/mol. The van der Waals surface area contributed by atoms with Crippen molar-refractivity contribution in [2.75, 3.05) is 20.8 Å². The smallest absolute Gasteiger partial charge is 0.387 e. The number of halogens is 2. The Kier molecular flexibility index (Phi) is 6.08. The zero-order valence-corrected chi connectivity index (χ0v) is 17.8. The first-order valence-corrected chi connectivity index (χ1v) is 10.5. The lowest BCUT2D eigenvalue weighted by Crippen LogP contribution is -2.40. The van der Waals surface area contributed by atoms with Gasteiger partial charge in [-0.1, -0.05) is 18.2 Å². The van der Waals surface area contributed by atoms with E-state index in [0.717, 1.165) is 16.0 Å². The number of thiophene rings is 1. The number of benzene rings is 2. The lowest BCUT2D eigenvalue weighted by molar-refractivity contribution is -0.0503. The van der Waals surface area contributed by atoms with Gasteiger partial charge in [0.15, 0.2) is 11.5 Å². The average Bonchev–Trinajstić information content (AvgIpc) is 3.31. The Morgan fingerprint density at radius 3 is 2.48 bits per heavy atom. The van der Waals surface area contributed by atoms with E-state index in [1.54, 1.807) is 31.3 Å². The van der Waals surface area contributed by atoms with Crippen LogP contribution in [0, 0.1) is 0 Å². The van der Waals surface area contributed by atoms with E-state index in [2.05, 4.69) is 4.74 Å². The fourth-order valence-corrected chi connectivity index (χ4v) is 4.77. The highest BCUT2D eigenvalue weighted by Gasteiger charge is 2.35. The molecule has 0 spiro atoms. The highest BCUT2D eigenvalue weighted by molar-refractivity contribution is 7.10. The summed E-state index contributed by atoms with van der Waals surface area (Å²) in [6.45, 7) is -2.59. The molecule has 2 aromatic carbocycles. The number of carbonyl (C=O) groups excluding carboxylic acids is 1. The molecular weight excluding hydrogens is 424 g/mol. The van der Waals surface area contributed by atoms with Crippen LogP contribution in [-0.4, -0.2) is 38.2 Å². The number of fused-ring (bicyclic) bond motifs is 1. The Morgan fingerprint density at radius 1 is 1.06 bits per heavy atom. The van der Waals surface area contributed by atoms with Crippen LogP contribution in [0.15, 0.2) is 53.9 Å². The molecule has 0 fully saturated rings. The molecule has 162 valence electrons. The maximum Gasteiger partial charge on any atom is 0.387 e. The molecule has 0 saturated carbocycles. The van der Waals surface area contributed by atoms with Gasteiger partial charge in [0.05, 0.1) is 25.8 Å². The maximum atomic E-state index is 13.5. The van der Waals surface area contributed by atoms with Gasteiger partial charge in [0.1, 0.15) is 5.75 Å². The number of amides is 1. The van der Waals surface area contributed by atoms with Gasteiger partial charge in [-0.15, -0.1) is 11.3 Å². The van der Waals surface area contributed by atoms with E-state index in [1.165, 1.54) is 23.5 Å². The molecule has 1 amide bonds. The monoisotopic (exact) mass is 445 g/mol. The first-order chi connectivity index (χ1) is 15.0. The number of carbonyl (C=O) groups is 1. The van der Waals surface area contributed by atoms with Crippen LogP contribution in [0.4, 0.5) is 8.78 Å². The topological polar surface area (TPSA) is 48.0 Å². The molecular formula is C23H21F2NO4S. The zero-order valence-electron chi connectivity index (χ0n) is 17.0. The summed E-state index contributed by atoms with van der Waals surface area (Å²) in [6, 6.07) is 13.4. The molecule has 1 aromatic heterocycles. The molecule has 1 atom stereocenters. The largest absolute Gasteiger partial charge is 0.493 e. The number of hydrogen-bond donors (Lipinski definition) is 0. The van der Waals surface area contributed by atoms with Crippen molar-refractivity contribution >= 4 is 17.2 Å². The van der Waals surface area contributed by atoms with Crippen LogP contribution in [0.1, 0.15) is 32.4 Å². The minimum absolute atomic E-state index is 0.105. The number of nitrogens with zero attached hydrogens (tertiary/aromatic N) is 1. The van der Waals surface area contributed by atoms with E-state index in [1.807, 2.05) is 29.6 Å². The van der Waals surface area contributed by atoms with Crippen LogP contribution in [0.3, 0.4) is 0 Å². The Labute approximate surface area is 182 Å². The summed E-state index contributed by atoms with van der Waals surface area (Å²) >= 11 is 1.53. The van der Waals surface area contributed by atoms with Crippen LogP contribution in [-0.2, 0) is 6.42 Å². The molecule has 8 heteroatoms. The van der Waals surface area contributed by atoms with Gasteiger partial charge in [0.25, 0.3) is 5.91 Å². The maximum absolute atomic E-state index is 13.5. The molecule has 0 aliphatic carbocycles. The van der Waals surface area contributed by atoms with Crippen LogP contribution < -0.4 is 14.2 Å². The number of alkyl halides is 2. The summed E-state index contributed by atoms with van der Waals surface area (Å²) in [5.41, 5.74) is 2.08. The first-order valence-electron chi connectivity index (χ1n) is 9.66. The molecule has 3 aromatic rings. The summed E-state index contributed by atoms with van der Waals surface area (Å²) in [4.78, 5) is 16.2. The molecule has 0 N–H and O–H groups in total. The first kappa shape index (κ1) is 21.1. The van der Waals surface area contributed by atoms with Gasteiger partial charge in [0, 0.05) is 11.4 Å². The van der Waals surface area contributed by atoms with Gasteiger partial charge in [-0.25, -0.2) is 0 Å². The molecule has 1 aliphatic rings. The number of ether oxygens (including phenoxy) is 3. The molecule has 5 nitrogen and oxygen atoms in total. The van der Waals surface area contributed by atoms with E-state index in [9.17, 15) is 13.6 Å². The predicted octanol–water partition coefficient (Wildman–Crippen LogP) is 5.15. The van der Waals surface area contributed by atoms with Crippen molar-refractivity contribution in [1.82, 2.24) is 4.90 Å². The second-order valence-corrected chi connectivity index (χ2v) is 7.93. The van der Waals surface area contributed by atoms with Crippen LogP contribution in [0.25, 0.3) is 0 Å². The lowest BCUT2D eigenvalue weighted by atomic mass is 9.90. The summed E-state index contributed by atoms with van der Waals surface area (Å²) in [6.07, 6.45) is 0.598. The van der Waals surface area contributed by atoms with Crippen molar-refractivity contribution in [2.45, 2.75) is 19.1 Å². The number of methoxy groups -OCH3 is 2. The van der Waals surface area contributed by atoms with Crippen molar-refractivity contribution in [1.29, 1.82) is 0 Å². The van der Waals surface area contributed by atoms with E-state index in [0.29, 0.717) is 24.5 Å². The van der Waals surface area contributed by atoms with E-state index in [-0.39, 0.29) is 23.3 Å². The number of hydrogen-bond acceptors (Lipinski definition) is 5. The minimum atomic E-state index is -3.01. The van der Waals surface area contributed by atoms with Gasteiger partial charge in [0.2, 0.25) is 0 Å². The van der Waals surface area contributed by atoms with E-state index < -0.39 is 6.61 Å². The highest BCUT2D eigenvalue weighted by atomic mass is 32.1. The second kappa shape index (κ2) is 8.93. The van der Waals surface area contributed by atoms with Gasteiger partial charge in [-0.2, -0.15) is 8.78 Å². The minimum Gasteiger partial charge on any atom is -0.493 e. The summed E-state index contributed by atoms with van der Waals surface area (Å²) in [5, 5.41) is 1.95. The van der Waals surface area contributed by atoms with Crippen molar-refractivity contribution in [3.8, 4) is 17.2 Å². The Bertz CT molecular complexity index is 1070. The third-order valence-electron chi connectivity index (χ3n) is 5.28.